The van der Waals surface area contributed by atoms with Gasteiger partial charge < -0.3 is 10.2 Å². The van der Waals surface area contributed by atoms with Crippen molar-refractivity contribution in [2.45, 2.75) is 58.0 Å². The zero-order valence-electron chi connectivity index (χ0n) is 10.7. The van der Waals surface area contributed by atoms with Crippen molar-refractivity contribution in [3.05, 3.63) is 0 Å². The van der Waals surface area contributed by atoms with Gasteiger partial charge in [-0.15, -0.1) is 0 Å². The number of carbonyl (C=O) groups is 2. The van der Waals surface area contributed by atoms with E-state index in [0.29, 0.717) is 6.42 Å². The Balaban J connectivity index is 1.97. The van der Waals surface area contributed by atoms with Gasteiger partial charge in [0.1, 0.15) is 12.1 Å². The lowest BCUT2D eigenvalue weighted by atomic mass is 9.82. The van der Waals surface area contributed by atoms with Crippen molar-refractivity contribution in [3.63, 3.8) is 0 Å². The second-order valence-corrected chi connectivity index (χ2v) is 5.27. The van der Waals surface area contributed by atoms with Crippen molar-refractivity contribution < 1.29 is 9.59 Å². The number of nitrogens with zero attached hydrogens (tertiary/aromatic N) is 1. The van der Waals surface area contributed by atoms with Gasteiger partial charge in [0.15, 0.2) is 0 Å². The normalized spacial score (nSPS) is 30.1. The minimum Gasteiger partial charge on any atom is -0.343 e. The van der Waals surface area contributed by atoms with Crippen LogP contribution in [0.3, 0.4) is 0 Å². The molecule has 2 amide bonds. The highest BCUT2D eigenvalue weighted by molar-refractivity contribution is 5.96. The van der Waals surface area contributed by atoms with Crippen LogP contribution in [-0.4, -0.2) is 35.3 Å². The van der Waals surface area contributed by atoms with Crippen LogP contribution >= 0.6 is 0 Å². The summed E-state index contributed by atoms with van der Waals surface area (Å²) < 4.78 is 0. The molecular weight excluding hydrogens is 216 g/mol. The van der Waals surface area contributed by atoms with E-state index in [2.05, 4.69) is 5.32 Å². The van der Waals surface area contributed by atoms with Gasteiger partial charge >= 0.3 is 0 Å². The van der Waals surface area contributed by atoms with Gasteiger partial charge in [0.05, 0.1) is 0 Å². The van der Waals surface area contributed by atoms with E-state index in [9.17, 15) is 9.59 Å². The number of piperazine rings is 1. The number of carbonyl (C=O) groups excluding carboxylic acids is 2. The van der Waals surface area contributed by atoms with E-state index in [1.807, 2.05) is 6.92 Å². The molecule has 0 spiro atoms. The molecule has 2 atom stereocenters. The number of rotatable bonds is 4. The summed E-state index contributed by atoms with van der Waals surface area (Å²) in [5.41, 5.74) is 0. The molecule has 0 aromatic carbocycles. The minimum atomic E-state index is -0.355. The van der Waals surface area contributed by atoms with Gasteiger partial charge in [-0.25, -0.2) is 0 Å². The molecule has 0 aromatic rings. The molecule has 0 bridgehead atoms. The maximum absolute atomic E-state index is 12.1. The minimum absolute atomic E-state index is 0.00760. The van der Waals surface area contributed by atoms with E-state index in [0.717, 1.165) is 18.9 Å². The summed E-state index contributed by atoms with van der Waals surface area (Å²) in [6.07, 6.45) is 5.67. The van der Waals surface area contributed by atoms with Crippen LogP contribution in [0.5, 0.6) is 0 Å². The first kappa shape index (κ1) is 12.4. The van der Waals surface area contributed by atoms with E-state index in [-0.39, 0.29) is 23.9 Å². The van der Waals surface area contributed by atoms with E-state index in [1.165, 1.54) is 19.3 Å². The standard InChI is InChI=1S/C13H22N2O2/c1-3-11-12(16)14-9(2)13(17)15(11)8-7-10-5-4-6-10/h9-11H,3-8H2,1-2H3,(H,14,16). The number of hydrogen-bond acceptors (Lipinski definition) is 2. The number of nitrogens with one attached hydrogen (secondary N) is 1. The molecule has 4 heteroatoms. The Labute approximate surface area is 103 Å². The van der Waals surface area contributed by atoms with Crippen LogP contribution in [0.4, 0.5) is 0 Å². The molecule has 1 saturated heterocycles. The van der Waals surface area contributed by atoms with Gasteiger partial charge in [0, 0.05) is 6.54 Å². The van der Waals surface area contributed by atoms with Gasteiger partial charge in [-0.2, -0.15) is 0 Å². The molecule has 0 aromatic heterocycles. The quantitative estimate of drug-likeness (QED) is 0.802. The molecule has 4 nitrogen and oxygen atoms in total. The molecular formula is C13H22N2O2. The van der Waals surface area contributed by atoms with Crippen molar-refractivity contribution in [1.82, 2.24) is 10.2 Å². The molecule has 1 aliphatic heterocycles. The summed E-state index contributed by atoms with van der Waals surface area (Å²) in [4.78, 5) is 25.7. The Morgan fingerprint density at radius 3 is 2.59 bits per heavy atom. The summed E-state index contributed by atoms with van der Waals surface area (Å²) in [6, 6.07) is -0.606. The lowest BCUT2D eigenvalue weighted by Gasteiger charge is -2.39. The fraction of sp³-hybridized carbons (Fsp3) is 0.846. The predicted molar refractivity (Wildman–Crippen MR) is 65.4 cm³/mol. The molecule has 2 unspecified atom stereocenters. The fourth-order valence-electron chi connectivity index (χ4n) is 2.69. The van der Waals surface area contributed by atoms with E-state index >= 15 is 0 Å². The van der Waals surface area contributed by atoms with E-state index in [4.69, 9.17) is 0 Å². The third-order valence-corrected chi connectivity index (χ3v) is 4.08. The summed E-state index contributed by atoms with van der Waals surface area (Å²) in [5, 5.41) is 2.75. The Kier molecular flexibility index (Phi) is 3.69. The monoisotopic (exact) mass is 238 g/mol. The molecule has 1 saturated carbocycles. The molecule has 96 valence electrons. The molecule has 2 fully saturated rings. The summed E-state index contributed by atoms with van der Waals surface area (Å²) in [6.45, 7) is 4.48. The Morgan fingerprint density at radius 1 is 1.35 bits per heavy atom. The van der Waals surface area contributed by atoms with Crippen LogP contribution in [-0.2, 0) is 9.59 Å². The van der Waals surface area contributed by atoms with Crippen LogP contribution < -0.4 is 5.32 Å². The third kappa shape index (κ3) is 2.45. The number of amides is 2. The zero-order valence-corrected chi connectivity index (χ0v) is 10.7. The van der Waals surface area contributed by atoms with Crippen molar-refractivity contribution >= 4 is 11.8 Å². The van der Waals surface area contributed by atoms with Crippen LogP contribution in [0, 0.1) is 5.92 Å². The second-order valence-electron chi connectivity index (χ2n) is 5.27. The summed E-state index contributed by atoms with van der Waals surface area (Å²) in [5.74, 6) is 0.865. The average molecular weight is 238 g/mol. The second kappa shape index (κ2) is 5.07. The molecule has 0 radical (unpaired) electrons. The molecule has 1 heterocycles. The maximum Gasteiger partial charge on any atom is 0.245 e. The molecule has 2 aliphatic rings. The molecule has 17 heavy (non-hydrogen) atoms. The van der Waals surface area contributed by atoms with Gasteiger partial charge in [-0.3, -0.25) is 9.59 Å². The first-order valence-electron chi connectivity index (χ1n) is 6.74. The van der Waals surface area contributed by atoms with Crippen molar-refractivity contribution in [2.75, 3.05) is 6.54 Å². The first-order chi connectivity index (χ1) is 8.13. The van der Waals surface area contributed by atoms with Crippen molar-refractivity contribution in [2.24, 2.45) is 5.92 Å². The molecule has 1 aliphatic carbocycles. The Morgan fingerprint density at radius 2 is 2.06 bits per heavy atom. The van der Waals surface area contributed by atoms with Gasteiger partial charge in [-0.05, 0) is 25.7 Å². The average Bonchev–Trinajstić information content (AvgIpc) is 2.23. The van der Waals surface area contributed by atoms with E-state index in [1.54, 1.807) is 11.8 Å². The highest BCUT2D eigenvalue weighted by Crippen LogP contribution is 2.30. The van der Waals surface area contributed by atoms with Crippen molar-refractivity contribution in [3.8, 4) is 0 Å². The van der Waals surface area contributed by atoms with Crippen LogP contribution in [0.1, 0.15) is 46.0 Å². The smallest absolute Gasteiger partial charge is 0.245 e. The SMILES string of the molecule is CCC1C(=O)NC(C)C(=O)N1CCC1CCC1. The lowest BCUT2D eigenvalue weighted by Crippen LogP contribution is -2.62. The van der Waals surface area contributed by atoms with Gasteiger partial charge in [0.25, 0.3) is 0 Å². The topological polar surface area (TPSA) is 49.4 Å². The van der Waals surface area contributed by atoms with Crippen LogP contribution in [0.25, 0.3) is 0 Å². The van der Waals surface area contributed by atoms with Crippen molar-refractivity contribution in [1.29, 1.82) is 0 Å². The van der Waals surface area contributed by atoms with Gasteiger partial charge in [0.2, 0.25) is 11.8 Å². The maximum atomic E-state index is 12.1. The highest BCUT2D eigenvalue weighted by atomic mass is 16.2. The molecule has 2 rings (SSSR count). The van der Waals surface area contributed by atoms with Crippen LogP contribution in [0.2, 0.25) is 0 Å². The third-order valence-electron chi connectivity index (χ3n) is 4.08. The largest absolute Gasteiger partial charge is 0.343 e. The Bertz CT molecular complexity index is 313. The van der Waals surface area contributed by atoms with E-state index < -0.39 is 0 Å². The predicted octanol–water partition coefficient (Wildman–Crippen LogP) is 1.30. The van der Waals surface area contributed by atoms with Gasteiger partial charge in [-0.1, -0.05) is 26.2 Å². The highest BCUT2D eigenvalue weighted by Gasteiger charge is 2.37. The first-order valence-corrected chi connectivity index (χ1v) is 6.74. The fourth-order valence-corrected chi connectivity index (χ4v) is 2.69. The lowest BCUT2D eigenvalue weighted by molar-refractivity contribution is -0.149. The molecule has 1 N–H and O–H groups in total. The number of hydrogen-bond donors (Lipinski definition) is 1. The zero-order chi connectivity index (χ0) is 12.4. The Hall–Kier alpha value is -1.06. The summed E-state index contributed by atoms with van der Waals surface area (Å²) >= 11 is 0. The van der Waals surface area contributed by atoms with Crippen LogP contribution in [0.15, 0.2) is 0 Å². The summed E-state index contributed by atoms with van der Waals surface area (Å²) in [7, 11) is 0.